The highest BCUT2D eigenvalue weighted by atomic mass is 32.2. The second-order valence-corrected chi connectivity index (χ2v) is 12.9. The maximum atomic E-state index is 14.4. The van der Waals surface area contributed by atoms with Gasteiger partial charge in [-0.2, -0.15) is 0 Å². The van der Waals surface area contributed by atoms with Gasteiger partial charge in [-0.25, -0.2) is 4.79 Å². The van der Waals surface area contributed by atoms with E-state index < -0.39 is 5.54 Å². The third-order valence-corrected chi connectivity index (χ3v) is 10.6. The molecule has 4 aromatic carbocycles. The number of para-hydroxylation sites is 1. The topological polar surface area (TPSA) is 46.6 Å². The number of carbonyl (C=O) groups is 2. The SMILES string of the molecule is CCOC(=O)C1=C(c2ccccc2)S/C(=C2\C(=S)C(C)(C)N(C(=O)c3cccc4ccccc34)c3ccccc32)S1. The smallest absolute Gasteiger partial charge is 0.346 e. The van der Waals surface area contributed by atoms with Gasteiger partial charge >= 0.3 is 5.97 Å². The van der Waals surface area contributed by atoms with Crippen LogP contribution in [0.15, 0.2) is 106 Å². The molecule has 0 atom stereocenters. The molecule has 2 aliphatic rings. The van der Waals surface area contributed by atoms with Gasteiger partial charge in [-0.1, -0.05) is 121 Å². The summed E-state index contributed by atoms with van der Waals surface area (Å²) in [5.74, 6) is -0.450. The van der Waals surface area contributed by atoms with E-state index in [0.29, 0.717) is 21.9 Å². The molecule has 6 rings (SSSR count). The molecule has 0 saturated carbocycles. The van der Waals surface area contributed by atoms with Crippen LogP contribution in [-0.4, -0.2) is 28.9 Å². The molecule has 2 aliphatic heterocycles. The first-order valence-corrected chi connectivity index (χ1v) is 15.4. The predicted molar refractivity (Wildman–Crippen MR) is 176 cm³/mol. The molecular weight excluding hydrogens is 567 g/mol. The lowest BCUT2D eigenvalue weighted by Crippen LogP contribution is -2.56. The maximum absolute atomic E-state index is 14.4. The Hall–Kier alpha value is -3.65. The molecule has 0 saturated heterocycles. The number of amides is 1. The van der Waals surface area contributed by atoms with E-state index in [1.807, 2.05) is 123 Å². The molecule has 0 spiro atoms. The summed E-state index contributed by atoms with van der Waals surface area (Å²) in [6.45, 7) is 6.10. The highest BCUT2D eigenvalue weighted by molar-refractivity contribution is 8.32. The van der Waals surface area contributed by atoms with Crippen molar-refractivity contribution >= 4 is 79.4 Å². The third kappa shape index (κ3) is 4.72. The van der Waals surface area contributed by atoms with Crippen LogP contribution in [0, 0.1) is 0 Å². The second-order valence-electron chi connectivity index (χ2n) is 10.2. The van der Waals surface area contributed by atoms with E-state index in [4.69, 9.17) is 17.0 Å². The Morgan fingerprint density at radius 3 is 2.32 bits per heavy atom. The quantitative estimate of drug-likeness (QED) is 0.134. The Morgan fingerprint density at radius 1 is 0.854 bits per heavy atom. The minimum atomic E-state index is -0.819. The largest absolute Gasteiger partial charge is 0.462 e. The molecule has 0 aliphatic carbocycles. The zero-order valence-electron chi connectivity index (χ0n) is 22.8. The third-order valence-electron chi connectivity index (χ3n) is 7.28. The van der Waals surface area contributed by atoms with Crippen molar-refractivity contribution in [2.24, 2.45) is 0 Å². The van der Waals surface area contributed by atoms with Crippen molar-refractivity contribution in [2.45, 2.75) is 26.3 Å². The first kappa shape index (κ1) is 27.5. The summed E-state index contributed by atoms with van der Waals surface area (Å²) in [7, 11) is 0. The fourth-order valence-electron chi connectivity index (χ4n) is 5.32. The number of nitrogens with zero attached hydrogens (tertiary/aromatic N) is 1. The van der Waals surface area contributed by atoms with Crippen molar-refractivity contribution in [2.75, 3.05) is 11.5 Å². The zero-order valence-corrected chi connectivity index (χ0v) is 25.3. The predicted octanol–water partition coefficient (Wildman–Crippen LogP) is 8.73. The van der Waals surface area contributed by atoms with Crippen molar-refractivity contribution in [3.05, 3.63) is 123 Å². The van der Waals surface area contributed by atoms with Crippen LogP contribution >= 0.6 is 35.7 Å². The van der Waals surface area contributed by atoms with Gasteiger partial charge in [0.25, 0.3) is 5.91 Å². The van der Waals surface area contributed by atoms with Gasteiger partial charge in [0, 0.05) is 21.6 Å². The summed E-state index contributed by atoms with van der Waals surface area (Å²) < 4.78 is 6.36. The number of hydrogen-bond donors (Lipinski definition) is 0. The van der Waals surface area contributed by atoms with Gasteiger partial charge < -0.3 is 4.74 Å². The Balaban J connectivity index is 1.50. The lowest BCUT2D eigenvalue weighted by atomic mass is 9.82. The molecule has 0 bridgehead atoms. The number of anilines is 1. The number of ether oxygens (including phenoxy) is 1. The Morgan fingerprint density at radius 2 is 1.54 bits per heavy atom. The Bertz CT molecular complexity index is 1780. The minimum absolute atomic E-state index is 0.104. The number of esters is 1. The summed E-state index contributed by atoms with van der Waals surface area (Å²) in [6.07, 6.45) is 0. The molecule has 1 amide bonds. The van der Waals surface area contributed by atoms with Crippen molar-refractivity contribution < 1.29 is 14.3 Å². The molecule has 7 heteroatoms. The number of rotatable bonds is 4. The van der Waals surface area contributed by atoms with Crippen molar-refractivity contribution in [1.29, 1.82) is 0 Å². The number of thioether (sulfide) groups is 2. The molecule has 0 radical (unpaired) electrons. The van der Waals surface area contributed by atoms with Gasteiger partial charge in [0.1, 0.15) is 4.91 Å². The number of carbonyl (C=O) groups excluding carboxylic acids is 2. The van der Waals surface area contributed by atoms with E-state index in [1.54, 1.807) is 0 Å². The zero-order chi connectivity index (χ0) is 28.7. The average Bonchev–Trinajstić information content (AvgIpc) is 3.43. The number of benzene rings is 4. The average molecular weight is 594 g/mol. The number of thiocarbonyl (C=S) groups is 1. The fraction of sp³-hybridized carbons (Fsp3) is 0.147. The minimum Gasteiger partial charge on any atom is -0.462 e. The van der Waals surface area contributed by atoms with Crippen LogP contribution in [0.5, 0.6) is 0 Å². The molecule has 4 nitrogen and oxygen atoms in total. The van der Waals surface area contributed by atoms with Crippen LogP contribution in [0.1, 0.15) is 42.3 Å². The lowest BCUT2D eigenvalue weighted by Gasteiger charge is -2.45. The van der Waals surface area contributed by atoms with E-state index in [0.717, 1.165) is 42.3 Å². The maximum Gasteiger partial charge on any atom is 0.346 e. The number of fused-ring (bicyclic) bond motifs is 2. The van der Waals surface area contributed by atoms with E-state index in [2.05, 4.69) is 0 Å². The molecule has 204 valence electrons. The summed E-state index contributed by atoms with van der Waals surface area (Å²) >= 11 is 9.16. The van der Waals surface area contributed by atoms with E-state index in [1.165, 1.54) is 23.5 Å². The van der Waals surface area contributed by atoms with Crippen molar-refractivity contribution in [3.63, 3.8) is 0 Å². The van der Waals surface area contributed by atoms with Crippen LogP contribution < -0.4 is 4.90 Å². The number of hydrogen-bond acceptors (Lipinski definition) is 6. The van der Waals surface area contributed by atoms with Crippen LogP contribution in [0.4, 0.5) is 5.69 Å². The standard InChI is InChI=1S/C34H27NO3S3/c1-4-38-32(37)29-28(22-14-6-5-7-15-22)40-33(41-29)27-25-18-10-11-20-26(25)35(34(2,3)30(27)39)31(36)24-19-12-16-21-13-8-9-17-23(21)24/h5-20H,4H2,1-3H3/b33-27+. The summed E-state index contributed by atoms with van der Waals surface area (Å²) in [4.78, 5) is 31.4. The highest BCUT2D eigenvalue weighted by Crippen LogP contribution is 2.58. The molecular formula is C34H27NO3S3. The molecule has 41 heavy (non-hydrogen) atoms. The highest BCUT2D eigenvalue weighted by Gasteiger charge is 2.46. The monoisotopic (exact) mass is 593 g/mol. The fourth-order valence-corrected chi connectivity index (χ4v) is 8.45. The normalized spacial score (nSPS) is 18.0. The first-order valence-electron chi connectivity index (χ1n) is 13.4. The van der Waals surface area contributed by atoms with Gasteiger partial charge in [0.15, 0.2) is 0 Å². The van der Waals surface area contributed by atoms with E-state index >= 15 is 0 Å². The second kappa shape index (κ2) is 11.0. The van der Waals surface area contributed by atoms with Gasteiger partial charge in [0.05, 0.1) is 26.9 Å². The first-order chi connectivity index (χ1) is 19.8. The van der Waals surface area contributed by atoms with Crippen LogP contribution in [0.2, 0.25) is 0 Å². The van der Waals surface area contributed by atoms with Crippen LogP contribution in [-0.2, 0) is 9.53 Å². The molecule has 2 heterocycles. The van der Waals surface area contributed by atoms with Crippen molar-refractivity contribution in [1.82, 2.24) is 0 Å². The lowest BCUT2D eigenvalue weighted by molar-refractivity contribution is -0.137. The molecule has 4 aromatic rings. The summed E-state index contributed by atoms with van der Waals surface area (Å²) in [5.41, 5.74) is 3.31. The Labute approximate surface area is 253 Å². The van der Waals surface area contributed by atoms with Gasteiger partial charge in [-0.15, -0.1) is 0 Å². The summed E-state index contributed by atoms with van der Waals surface area (Å²) in [6, 6.07) is 31.5. The van der Waals surface area contributed by atoms with Crippen LogP contribution in [0.3, 0.4) is 0 Å². The molecule has 0 fully saturated rings. The van der Waals surface area contributed by atoms with Gasteiger partial charge in [-0.3, -0.25) is 9.69 Å². The Kier molecular flexibility index (Phi) is 7.36. The summed E-state index contributed by atoms with van der Waals surface area (Å²) in [5, 5.41) is 1.91. The van der Waals surface area contributed by atoms with Crippen LogP contribution in [0.25, 0.3) is 21.3 Å². The van der Waals surface area contributed by atoms with E-state index in [-0.39, 0.29) is 11.9 Å². The molecule has 0 unspecified atom stereocenters. The van der Waals surface area contributed by atoms with Gasteiger partial charge in [-0.05, 0) is 49.2 Å². The van der Waals surface area contributed by atoms with Gasteiger partial charge in [0.2, 0.25) is 0 Å². The van der Waals surface area contributed by atoms with Crippen molar-refractivity contribution in [3.8, 4) is 0 Å². The molecule has 0 N–H and O–H groups in total. The van der Waals surface area contributed by atoms with E-state index in [9.17, 15) is 9.59 Å². The molecule has 0 aromatic heterocycles.